The van der Waals surface area contributed by atoms with E-state index in [4.69, 9.17) is 5.11 Å². The normalized spacial score (nSPS) is 22.3. The first-order valence-electron chi connectivity index (χ1n) is 11.2. The van der Waals surface area contributed by atoms with Crippen LogP contribution in [0, 0.1) is 17.6 Å². The monoisotopic (exact) mass is 456 g/mol. The Bertz CT molecular complexity index is 1070. The summed E-state index contributed by atoms with van der Waals surface area (Å²) in [6.45, 7) is 1.90. The minimum Gasteiger partial charge on any atom is -0.481 e. The lowest BCUT2D eigenvalue weighted by Crippen LogP contribution is -2.52. The number of fused-ring (bicyclic) bond motifs is 2. The van der Waals surface area contributed by atoms with E-state index >= 15 is 0 Å². The van der Waals surface area contributed by atoms with Crippen LogP contribution in [0.2, 0.25) is 0 Å². The van der Waals surface area contributed by atoms with Gasteiger partial charge in [0.25, 0.3) is 5.91 Å². The van der Waals surface area contributed by atoms with Gasteiger partial charge in [0, 0.05) is 41.7 Å². The number of amides is 2. The highest BCUT2D eigenvalue weighted by Crippen LogP contribution is 2.50. The van der Waals surface area contributed by atoms with Crippen LogP contribution in [0.5, 0.6) is 0 Å². The minimum absolute atomic E-state index is 0.0403. The summed E-state index contributed by atoms with van der Waals surface area (Å²) in [5, 5.41) is 11.8. The van der Waals surface area contributed by atoms with E-state index < -0.39 is 23.5 Å². The molecular weight excluding hydrogens is 430 g/mol. The lowest BCUT2D eigenvalue weighted by Gasteiger charge is -2.46. The fourth-order valence-corrected chi connectivity index (χ4v) is 5.46. The SMILES string of the molecule is CC(NC(=O)CCC(=O)O)C1c2ccccc2N(C(=O)c2cc(F)cc(F)c2)C2CCCC12. The van der Waals surface area contributed by atoms with Crippen LogP contribution in [-0.2, 0) is 9.59 Å². The third-order valence-electron chi connectivity index (χ3n) is 6.70. The maximum Gasteiger partial charge on any atom is 0.303 e. The Labute approximate surface area is 190 Å². The number of carbonyl (C=O) groups is 3. The van der Waals surface area contributed by atoms with Gasteiger partial charge in [0.1, 0.15) is 11.6 Å². The second kappa shape index (κ2) is 9.29. The van der Waals surface area contributed by atoms with Crippen LogP contribution >= 0.6 is 0 Å². The number of hydrogen-bond donors (Lipinski definition) is 2. The number of para-hydroxylation sites is 1. The number of aliphatic carboxylic acids is 1. The fourth-order valence-electron chi connectivity index (χ4n) is 5.46. The molecule has 2 aromatic carbocycles. The van der Waals surface area contributed by atoms with Crippen molar-refractivity contribution in [2.24, 2.45) is 5.92 Å². The first-order chi connectivity index (χ1) is 15.8. The number of nitrogens with one attached hydrogen (secondary N) is 1. The molecule has 0 spiro atoms. The van der Waals surface area contributed by atoms with E-state index in [1.54, 1.807) is 4.90 Å². The van der Waals surface area contributed by atoms with Gasteiger partial charge in [-0.1, -0.05) is 24.6 Å². The van der Waals surface area contributed by atoms with Gasteiger partial charge in [0.2, 0.25) is 5.91 Å². The number of nitrogens with zero attached hydrogens (tertiary/aromatic N) is 1. The van der Waals surface area contributed by atoms with Gasteiger partial charge in [0.15, 0.2) is 0 Å². The molecule has 33 heavy (non-hydrogen) atoms. The average molecular weight is 456 g/mol. The molecule has 174 valence electrons. The van der Waals surface area contributed by atoms with Gasteiger partial charge in [-0.05, 0) is 49.4 Å². The Balaban J connectivity index is 1.68. The molecule has 6 nitrogen and oxygen atoms in total. The average Bonchev–Trinajstić information content (AvgIpc) is 3.23. The van der Waals surface area contributed by atoms with Gasteiger partial charge in [-0.2, -0.15) is 0 Å². The van der Waals surface area contributed by atoms with Crippen molar-refractivity contribution in [2.45, 2.75) is 57.0 Å². The Kier molecular flexibility index (Phi) is 6.44. The predicted octanol–water partition coefficient (Wildman–Crippen LogP) is 4.25. The van der Waals surface area contributed by atoms with E-state index in [0.717, 1.165) is 43.0 Å². The number of carboxylic acid groups (broad SMARTS) is 1. The molecule has 0 bridgehead atoms. The highest BCUT2D eigenvalue weighted by molar-refractivity contribution is 6.07. The first-order valence-corrected chi connectivity index (χ1v) is 11.2. The molecular formula is C25H26F2N2O4. The number of halogens is 2. The van der Waals surface area contributed by atoms with Crippen molar-refractivity contribution in [3.63, 3.8) is 0 Å². The summed E-state index contributed by atoms with van der Waals surface area (Å²) in [6.07, 6.45) is 2.15. The van der Waals surface area contributed by atoms with Crippen molar-refractivity contribution in [3.05, 3.63) is 65.2 Å². The van der Waals surface area contributed by atoms with E-state index in [1.807, 2.05) is 31.2 Å². The van der Waals surface area contributed by atoms with Gasteiger partial charge in [-0.3, -0.25) is 14.4 Å². The van der Waals surface area contributed by atoms with Gasteiger partial charge in [0.05, 0.1) is 6.42 Å². The summed E-state index contributed by atoms with van der Waals surface area (Å²) in [5.41, 5.74) is 1.52. The number of carbonyl (C=O) groups excluding carboxylic acids is 2. The third-order valence-corrected chi connectivity index (χ3v) is 6.70. The lowest BCUT2D eigenvalue weighted by atomic mass is 9.74. The highest BCUT2D eigenvalue weighted by atomic mass is 19.1. The van der Waals surface area contributed by atoms with Crippen LogP contribution in [0.4, 0.5) is 14.5 Å². The van der Waals surface area contributed by atoms with E-state index in [-0.39, 0.29) is 48.2 Å². The molecule has 0 radical (unpaired) electrons. The van der Waals surface area contributed by atoms with Crippen LogP contribution in [-0.4, -0.2) is 35.0 Å². The van der Waals surface area contributed by atoms with E-state index in [9.17, 15) is 23.2 Å². The topological polar surface area (TPSA) is 86.7 Å². The van der Waals surface area contributed by atoms with Gasteiger partial charge < -0.3 is 15.3 Å². The van der Waals surface area contributed by atoms with Crippen molar-refractivity contribution in [2.75, 3.05) is 4.90 Å². The zero-order valence-electron chi connectivity index (χ0n) is 18.3. The van der Waals surface area contributed by atoms with Crippen LogP contribution < -0.4 is 10.2 Å². The van der Waals surface area contributed by atoms with Crippen molar-refractivity contribution in [1.29, 1.82) is 0 Å². The third kappa shape index (κ3) is 4.60. The fraction of sp³-hybridized carbons (Fsp3) is 0.400. The molecule has 4 atom stereocenters. The molecule has 1 saturated carbocycles. The molecule has 2 aromatic rings. The Morgan fingerprint density at radius 2 is 1.79 bits per heavy atom. The second-order valence-corrected chi connectivity index (χ2v) is 8.83. The maximum atomic E-state index is 13.8. The maximum absolute atomic E-state index is 13.8. The van der Waals surface area contributed by atoms with Crippen molar-refractivity contribution >= 4 is 23.5 Å². The van der Waals surface area contributed by atoms with Crippen LogP contribution in [0.3, 0.4) is 0 Å². The summed E-state index contributed by atoms with van der Waals surface area (Å²) in [6, 6.07) is 9.82. The number of hydrogen-bond acceptors (Lipinski definition) is 3. The molecule has 8 heteroatoms. The van der Waals surface area contributed by atoms with Crippen LogP contribution in [0.1, 0.15) is 60.9 Å². The largest absolute Gasteiger partial charge is 0.481 e. The molecule has 2 N–H and O–H groups in total. The zero-order valence-corrected chi connectivity index (χ0v) is 18.3. The van der Waals surface area contributed by atoms with Crippen molar-refractivity contribution < 1.29 is 28.3 Å². The summed E-state index contributed by atoms with van der Waals surface area (Å²) in [5.74, 6) is -3.43. The Hall–Kier alpha value is -3.29. The molecule has 1 aliphatic heterocycles. The van der Waals surface area contributed by atoms with Crippen molar-refractivity contribution in [1.82, 2.24) is 5.32 Å². The molecule has 4 unspecified atom stereocenters. The molecule has 4 rings (SSSR count). The molecule has 1 heterocycles. The van der Waals surface area contributed by atoms with Crippen LogP contribution in [0.15, 0.2) is 42.5 Å². The number of carboxylic acids is 1. The Morgan fingerprint density at radius 1 is 1.09 bits per heavy atom. The molecule has 2 amide bonds. The predicted molar refractivity (Wildman–Crippen MR) is 118 cm³/mol. The summed E-state index contributed by atoms with van der Waals surface area (Å²) in [4.78, 5) is 38.3. The molecule has 0 saturated heterocycles. The molecule has 0 aromatic heterocycles. The Morgan fingerprint density at radius 3 is 2.48 bits per heavy atom. The zero-order chi connectivity index (χ0) is 23.7. The van der Waals surface area contributed by atoms with E-state index in [0.29, 0.717) is 5.69 Å². The van der Waals surface area contributed by atoms with Crippen LogP contribution in [0.25, 0.3) is 0 Å². The summed E-state index contributed by atoms with van der Waals surface area (Å²) in [7, 11) is 0. The molecule has 1 fully saturated rings. The first kappa shape index (κ1) is 22.9. The van der Waals surface area contributed by atoms with E-state index in [1.165, 1.54) is 0 Å². The second-order valence-electron chi connectivity index (χ2n) is 8.83. The van der Waals surface area contributed by atoms with Gasteiger partial charge in [-0.15, -0.1) is 0 Å². The lowest BCUT2D eigenvalue weighted by molar-refractivity contribution is -0.139. The standard InChI is InChI=1S/C25H26F2N2O4/c1-14(28-22(30)9-10-23(31)32)24-18-5-2-3-7-20(18)29(21-8-4-6-19(21)24)25(33)15-11-16(26)13-17(27)12-15/h2-3,5,7,11-14,19,21,24H,4,6,8-10H2,1H3,(H,28,30)(H,31,32). The highest BCUT2D eigenvalue weighted by Gasteiger charge is 2.47. The van der Waals surface area contributed by atoms with Gasteiger partial charge in [-0.25, -0.2) is 8.78 Å². The summed E-state index contributed by atoms with van der Waals surface area (Å²) >= 11 is 0. The van der Waals surface area contributed by atoms with Crippen molar-refractivity contribution in [3.8, 4) is 0 Å². The van der Waals surface area contributed by atoms with Gasteiger partial charge >= 0.3 is 5.97 Å². The summed E-state index contributed by atoms with van der Waals surface area (Å²) < 4.78 is 27.7. The molecule has 2 aliphatic rings. The quantitative estimate of drug-likeness (QED) is 0.681. The smallest absolute Gasteiger partial charge is 0.303 e. The number of benzene rings is 2. The van der Waals surface area contributed by atoms with E-state index in [2.05, 4.69) is 5.32 Å². The molecule has 1 aliphatic carbocycles. The minimum atomic E-state index is -1.03. The number of anilines is 1. The number of rotatable bonds is 6.